The summed E-state index contributed by atoms with van der Waals surface area (Å²) in [6.45, 7) is 0. The van der Waals surface area contributed by atoms with Crippen LogP contribution in [0.2, 0.25) is 0 Å². The number of rotatable bonds is 3. The molecular weight excluding hydrogens is 461 g/mol. The van der Waals surface area contributed by atoms with Gasteiger partial charge in [-0.1, -0.05) is 17.8 Å². The van der Waals surface area contributed by atoms with Gasteiger partial charge in [0.05, 0.1) is 28.9 Å². The van der Waals surface area contributed by atoms with Crippen LogP contribution in [0, 0.1) is 11.3 Å². The molecule has 5 rings (SSSR count). The Kier molecular flexibility index (Phi) is 4.86. The number of fused-ring (bicyclic) bond motifs is 2. The first-order chi connectivity index (χ1) is 15.3. The van der Waals surface area contributed by atoms with Gasteiger partial charge < -0.3 is 5.73 Å². The number of thioether (sulfide) groups is 2. The highest BCUT2D eigenvalue weighted by atomic mass is 32.2. The van der Waals surface area contributed by atoms with E-state index in [0.717, 1.165) is 39.9 Å². The first-order valence-corrected chi connectivity index (χ1v) is 11.1. The molecule has 0 amide bonds. The van der Waals surface area contributed by atoms with Crippen molar-refractivity contribution in [3.05, 3.63) is 52.7 Å². The maximum absolute atomic E-state index is 12.9. The van der Waals surface area contributed by atoms with Gasteiger partial charge in [-0.3, -0.25) is 4.99 Å². The van der Waals surface area contributed by atoms with Crippen molar-refractivity contribution in [3.8, 4) is 11.9 Å². The molecule has 1 aromatic carbocycles. The highest BCUT2D eigenvalue weighted by molar-refractivity contribution is 8.38. The summed E-state index contributed by atoms with van der Waals surface area (Å²) in [5.41, 5.74) is 5.87. The van der Waals surface area contributed by atoms with Crippen LogP contribution in [0.5, 0.6) is 0 Å². The lowest BCUT2D eigenvalue weighted by atomic mass is 10.1. The number of halogens is 3. The van der Waals surface area contributed by atoms with Gasteiger partial charge in [0.25, 0.3) is 0 Å². The van der Waals surface area contributed by atoms with Crippen molar-refractivity contribution in [1.82, 2.24) is 25.2 Å². The second kappa shape index (κ2) is 7.49. The van der Waals surface area contributed by atoms with Crippen molar-refractivity contribution >= 4 is 33.7 Å². The Balaban J connectivity index is 1.37. The maximum Gasteiger partial charge on any atom is 0.416 e. The summed E-state index contributed by atoms with van der Waals surface area (Å²) < 4.78 is 39.5. The van der Waals surface area contributed by atoms with Crippen LogP contribution in [-0.4, -0.2) is 29.6 Å². The van der Waals surface area contributed by atoms with E-state index in [0.29, 0.717) is 17.1 Å². The molecule has 1 saturated carbocycles. The molecular formula is C19H13F3N8S2. The predicted octanol–water partition coefficient (Wildman–Crippen LogP) is 3.91. The van der Waals surface area contributed by atoms with E-state index in [2.05, 4.69) is 20.4 Å². The minimum absolute atomic E-state index is 0.00528. The minimum Gasteiger partial charge on any atom is -0.381 e. The normalized spacial score (nSPS) is 16.4. The van der Waals surface area contributed by atoms with Crippen LogP contribution in [0.3, 0.4) is 0 Å². The SMILES string of the molecule is N#Cc1cc(C(F)(F)F)ccc1CSC1=NC2(CC2)c2cc(-n3ncc(N)n3)nnc2S1. The Morgan fingerprint density at radius 3 is 2.72 bits per heavy atom. The Labute approximate surface area is 188 Å². The minimum atomic E-state index is -4.49. The number of aromatic nitrogens is 5. The van der Waals surface area contributed by atoms with Crippen LogP contribution < -0.4 is 5.73 Å². The zero-order valence-electron chi connectivity index (χ0n) is 16.2. The van der Waals surface area contributed by atoms with Crippen molar-refractivity contribution in [2.45, 2.75) is 35.3 Å². The number of nitrogen functional groups attached to an aromatic ring is 1. The lowest BCUT2D eigenvalue weighted by Crippen LogP contribution is -2.16. The molecule has 2 N–H and O–H groups in total. The maximum atomic E-state index is 12.9. The highest BCUT2D eigenvalue weighted by Crippen LogP contribution is 2.56. The van der Waals surface area contributed by atoms with E-state index in [4.69, 9.17) is 10.7 Å². The van der Waals surface area contributed by atoms with Crippen LogP contribution in [0.1, 0.15) is 35.1 Å². The number of benzene rings is 1. The van der Waals surface area contributed by atoms with E-state index in [9.17, 15) is 18.4 Å². The molecule has 162 valence electrons. The summed E-state index contributed by atoms with van der Waals surface area (Å²) in [6, 6.07) is 6.94. The molecule has 2 aliphatic rings. The number of hydrogen-bond donors (Lipinski definition) is 1. The van der Waals surface area contributed by atoms with Crippen molar-refractivity contribution in [3.63, 3.8) is 0 Å². The molecule has 0 bridgehead atoms. The van der Waals surface area contributed by atoms with Gasteiger partial charge in [0.15, 0.2) is 11.6 Å². The first kappa shape index (κ1) is 20.8. The summed E-state index contributed by atoms with van der Waals surface area (Å²) >= 11 is 2.72. The Hall–Kier alpha value is -3.11. The zero-order valence-corrected chi connectivity index (χ0v) is 17.8. The number of alkyl halides is 3. The van der Waals surface area contributed by atoms with Gasteiger partial charge in [-0.05, 0) is 48.4 Å². The fraction of sp³-hybridized carbons (Fsp3) is 0.263. The average molecular weight is 474 g/mol. The molecule has 0 radical (unpaired) electrons. The average Bonchev–Trinajstić information content (AvgIpc) is 3.40. The Bertz CT molecular complexity index is 1290. The monoisotopic (exact) mass is 474 g/mol. The fourth-order valence-corrected chi connectivity index (χ4v) is 5.53. The van der Waals surface area contributed by atoms with Crippen LogP contribution in [0.25, 0.3) is 5.82 Å². The third-order valence-corrected chi connectivity index (χ3v) is 7.24. The summed E-state index contributed by atoms with van der Waals surface area (Å²) in [5.74, 6) is 1.04. The second-order valence-electron chi connectivity index (χ2n) is 7.26. The van der Waals surface area contributed by atoms with Gasteiger partial charge >= 0.3 is 6.18 Å². The Morgan fingerprint density at radius 2 is 2.06 bits per heavy atom. The number of aliphatic imine (C=N–C) groups is 1. The lowest BCUT2D eigenvalue weighted by Gasteiger charge is -2.21. The molecule has 3 heterocycles. The first-order valence-electron chi connectivity index (χ1n) is 9.34. The number of nitrogens with zero attached hydrogens (tertiary/aromatic N) is 7. The van der Waals surface area contributed by atoms with Gasteiger partial charge in [-0.25, -0.2) is 0 Å². The molecule has 13 heteroatoms. The Morgan fingerprint density at radius 1 is 1.25 bits per heavy atom. The molecule has 1 aliphatic carbocycles. The summed E-state index contributed by atoms with van der Waals surface area (Å²) in [7, 11) is 0. The quantitative estimate of drug-likeness (QED) is 0.607. The van der Waals surface area contributed by atoms with E-state index >= 15 is 0 Å². The predicted molar refractivity (Wildman–Crippen MR) is 113 cm³/mol. The molecule has 0 atom stereocenters. The number of hydrogen-bond acceptors (Lipinski definition) is 9. The van der Waals surface area contributed by atoms with Gasteiger partial charge in [0, 0.05) is 11.3 Å². The van der Waals surface area contributed by atoms with Gasteiger partial charge in [-0.15, -0.1) is 20.1 Å². The van der Waals surface area contributed by atoms with E-state index in [-0.39, 0.29) is 16.9 Å². The summed E-state index contributed by atoms with van der Waals surface area (Å²) in [6.07, 6.45) is -1.35. The highest BCUT2D eigenvalue weighted by Gasteiger charge is 2.49. The number of nitriles is 1. The van der Waals surface area contributed by atoms with Crippen LogP contribution >= 0.6 is 23.5 Å². The van der Waals surface area contributed by atoms with Gasteiger partial charge in [0.2, 0.25) is 0 Å². The zero-order chi connectivity index (χ0) is 22.5. The molecule has 8 nitrogen and oxygen atoms in total. The number of anilines is 1. The molecule has 1 spiro atoms. The van der Waals surface area contributed by atoms with E-state index in [1.807, 2.05) is 12.1 Å². The van der Waals surface area contributed by atoms with Crippen LogP contribution in [0.4, 0.5) is 19.0 Å². The van der Waals surface area contributed by atoms with Gasteiger partial charge in [-0.2, -0.15) is 23.5 Å². The molecule has 32 heavy (non-hydrogen) atoms. The van der Waals surface area contributed by atoms with Crippen molar-refractivity contribution in [2.75, 3.05) is 5.73 Å². The van der Waals surface area contributed by atoms with Crippen LogP contribution in [0.15, 0.2) is 40.5 Å². The molecule has 1 aliphatic heterocycles. The topological polar surface area (TPSA) is 119 Å². The van der Waals surface area contributed by atoms with Crippen LogP contribution in [-0.2, 0) is 17.5 Å². The molecule has 0 saturated heterocycles. The number of nitrogens with two attached hydrogens (primary N) is 1. The van der Waals surface area contributed by atoms with E-state index in [1.54, 1.807) is 0 Å². The van der Waals surface area contributed by atoms with Crippen molar-refractivity contribution in [2.24, 2.45) is 4.99 Å². The standard InChI is InChI=1S/C19H13F3N8S2/c20-19(21,22)12-2-1-10(11(5-12)7-23)9-31-17-26-18(3-4-18)13-6-15(27-28-16(13)32-17)30-25-8-14(24)29-30/h1-2,5-6,8H,3-4,9H2,(H2,24,29). The lowest BCUT2D eigenvalue weighted by molar-refractivity contribution is -0.137. The molecule has 1 fully saturated rings. The smallest absolute Gasteiger partial charge is 0.381 e. The second-order valence-corrected chi connectivity index (χ2v) is 9.46. The van der Waals surface area contributed by atoms with Crippen molar-refractivity contribution in [1.29, 1.82) is 5.26 Å². The van der Waals surface area contributed by atoms with E-state index in [1.165, 1.54) is 40.6 Å². The summed E-state index contributed by atoms with van der Waals surface area (Å²) in [5, 5.41) is 26.6. The summed E-state index contributed by atoms with van der Waals surface area (Å²) in [4.78, 5) is 6.18. The van der Waals surface area contributed by atoms with Gasteiger partial charge in [0.1, 0.15) is 9.40 Å². The van der Waals surface area contributed by atoms with E-state index < -0.39 is 11.7 Å². The molecule has 0 unspecified atom stereocenters. The fourth-order valence-electron chi connectivity index (χ4n) is 3.29. The largest absolute Gasteiger partial charge is 0.416 e. The molecule has 3 aromatic rings. The third-order valence-electron chi connectivity index (χ3n) is 5.08. The van der Waals surface area contributed by atoms with Crippen molar-refractivity contribution < 1.29 is 13.2 Å². The third kappa shape index (κ3) is 3.80. The molecule has 2 aromatic heterocycles.